The average molecular weight is 482 g/mol. The molecule has 10 heteroatoms. The lowest BCUT2D eigenvalue weighted by molar-refractivity contribution is -0.115. The van der Waals surface area contributed by atoms with Gasteiger partial charge in [0.15, 0.2) is 10.9 Å². The van der Waals surface area contributed by atoms with Crippen molar-refractivity contribution in [1.82, 2.24) is 15.3 Å². The predicted octanol–water partition coefficient (Wildman–Crippen LogP) is 4.84. The van der Waals surface area contributed by atoms with Crippen LogP contribution in [0, 0.1) is 17.1 Å². The van der Waals surface area contributed by atoms with Crippen LogP contribution in [0.25, 0.3) is 17.1 Å². The van der Waals surface area contributed by atoms with E-state index in [4.69, 9.17) is 16.3 Å². The van der Waals surface area contributed by atoms with Gasteiger partial charge in [0.25, 0.3) is 5.91 Å². The van der Waals surface area contributed by atoms with Crippen molar-refractivity contribution in [3.8, 4) is 11.8 Å². The van der Waals surface area contributed by atoms with Crippen LogP contribution < -0.4 is 10.1 Å². The fourth-order valence-electron chi connectivity index (χ4n) is 3.02. The first-order valence-electron chi connectivity index (χ1n) is 9.90. The van der Waals surface area contributed by atoms with E-state index in [-0.39, 0.29) is 29.1 Å². The molecule has 0 unspecified atom stereocenters. The number of nitriles is 1. The van der Waals surface area contributed by atoms with Crippen molar-refractivity contribution < 1.29 is 13.9 Å². The van der Waals surface area contributed by atoms with E-state index in [1.165, 1.54) is 18.3 Å². The van der Waals surface area contributed by atoms with Crippen LogP contribution in [-0.4, -0.2) is 27.1 Å². The van der Waals surface area contributed by atoms with Gasteiger partial charge in [-0.05, 0) is 61.5 Å². The Hall–Kier alpha value is -3.48. The van der Waals surface area contributed by atoms with Gasteiger partial charge in [0.05, 0.1) is 28.8 Å². The minimum Gasteiger partial charge on any atom is -0.487 e. The Labute approximate surface area is 198 Å². The molecule has 2 aromatic heterocycles. The van der Waals surface area contributed by atoms with Gasteiger partial charge in [0.1, 0.15) is 23.0 Å². The Kier molecular flexibility index (Phi) is 6.58. The summed E-state index contributed by atoms with van der Waals surface area (Å²) in [5, 5.41) is 12.8. The van der Waals surface area contributed by atoms with E-state index >= 15 is 0 Å². The molecule has 0 bridgehead atoms. The molecule has 7 nitrogen and oxygen atoms in total. The normalized spacial score (nSPS) is 15.9. The number of aromatic nitrogens is 2. The number of pyridine rings is 2. The number of benzene rings is 1. The number of thioether (sulfide) groups is 1. The minimum atomic E-state index is -0.424. The minimum absolute atomic E-state index is 0.156. The second-order valence-electron chi connectivity index (χ2n) is 7.31. The van der Waals surface area contributed by atoms with Gasteiger partial charge in [-0.15, -0.1) is 0 Å². The number of carbonyl (C=O) groups is 1. The number of carbonyl (C=O) groups excluding carboxylic acids is 1. The van der Waals surface area contributed by atoms with E-state index < -0.39 is 5.82 Å². The predicted molar refractivity (Wildman–Crippen MR) is 126 cm³/mol. The third-order valence-electron chi connectivity index (χ3n) is 4.50. The molecule has 1 aliphatic rings. The van der Waals surface area contributed by atoms with Crippen LogP contribution in [0.3, 0.4) is 0 Å². The summed E-state index contributed by atoms with van der Waals surface area (Å²) < 4.78 is 19.0. The fourth-order valence-corrected chi connectivity index (χ4v) is 4.05. The number of nitrogens with zero attached hydrogens (tertiary/aromatic N) is 4. The number of rotatable bonds is 5. The number of amidine groups is 1. The van der Waals surface area contributed by atoms with Gasteiger partial charge in [-0.2, -0.15) is 5.26 Å². The highest BCUT2D eigenvalue weighted by Gasteiger charge is 2.24. The molecule has 1 saturated heterocycles. The molecule has 0 spiro atoms. The first-order valence-corrected chi connectivity index (χ1v) is 11.1. The third kappa shape index (κ3) is 5.13. The molecular weight excluding hydrogens is 465 g/mol. The number of hydrogen-bond acceptors (Lipinski definition) is 7. The molecule has 0 radical (unpaired) electrons. The Balaban J connectivity index is 1.61. The number of halogens is 2. The Bertz CT molecular complexity index is 1370. The van der Waals surface area contributed by atoms with Crippen molar-refractivity contribution in [3.05, 3.63) is 69.1 Å². The third-order valence-corrected chi connectivity index (χ3v) is 5.80. The van der Waals surface area contributed by atoms with Crippen molar-refractivity contribution in [1.29, 1.82) is 5.26 Å². The maximum Gasteiger partial charge on any atom is 0.264 e. The monoisotopic (exact) mass is 481 g/mol. The van der Waals surface area contributed by atoms with Crippen LogP contribution in [-0.2, 0) is 11.3 Å². The van der Waals surface area contributed by atoms with Crippen LogP contribution in [0.15, 0.2) is 46.4 Å². The maximum atomic E-state index is 13.2. The molecule has 3 aromatic rings. The molecule has 3 heterocycles. The zero-order valence-corrected chi connectivity index (χ0v) is 19.2. The smallest absolute Gasteiger partial charge is 0.264 e. The number of fused-ring (bicyclic) bond motifs is 1. The summed E-state index contributed by atoms with van der Waals surface area (Å²) in [5.41, 5.74) is 2.46. The SMILES string of the molecule is CC(C)Oc1c(C#N)cnc2ccc(C=C3SC(=NCc4ccc(F)cc4Cl)NC3=O)nc12. The Morgan fingerprint density at radius 3 is 2.91 bits per heavy atom. The van der Waals surface area contributed by atoms with Crippen LogP contribution in [0.1, 0.15) is 30.7 Å². The quantitative estimate of drug-likeness (QED) is 0.523. The van der Waals surface area contributed by atoms with Crippen molar-refractivity contribution in [2.75, 3.05) is 0 Å². The van der Waals surface area contributed by atoms with Crippen molar-refractivity contribution in [2.24, 2.45) is 4.99 Å². The molecule has 1 amide bonds. The molecule has 1 aliphatic heterocycles. The summed E-state index contributed by atoms with van der Waals surface area (Å²) in [4.78, 5) is 26.0. The van der Waals surface area contributed by atoms with Crippen molar-refractivity contribution >= 4 is 51.5 Å². The van der Waals surface area contributed by atoms with Gasteiger partial charge in [-0.1, -0.05) is 17.7 Å². The van der Waals surface area contributed by atoms with E-state index in [2.05, 4.69) is 26.3 Å². The van der Waals surface area contributed by atoms with E-state index in [1.54, 1.807) is 24.3 Å². The largest absolute Gasteiger partial charge is 0.487 e. The Morgan fingerprint density at radius 1 is 1.36 bits per heavy atom. The first-order chi connectivity index (χ1) is 15.8. The lowest BCUT2D eigenvalue weighted by atomic mass is 10.2. The molecule has 1 fully saturated rings. The number of hydrogen-bond donors (Lipinski definition) is 1. The van der Waals surface area contributed by atoms with Gasteiger partial charge in [-0.3, -0.25) is 14.8 Å². The average Bonchev–Trinajstić information content (AvgIpc) is 3.12. The lowest BCUT2D eigenvalue weighted by Gasteiger charge is -2.13. The summed E-state index contributed by atoms with van der Waals surface area (Å²) >= 11 is 7.20. The van der Waals surface area contributed by atoms with E-state index in [1.807, 2.05) is 13.8 Å². The molecule has 0 saturated carbocycles. The van der Waals surface area contributed by atoms with Gasteiger partial charge in [0.2, 0.25) is 0 Å². The van der Waals surface area contributed by atoms with E-state index in [9.17, 15) is 14.4 Å². The van der Waals surface area contributed by atoms with Gasteiger partial charge >= 0.3 is 0 Å². The first kappa shape index (κ1) is 22.7. The van der Waals surface area contributed by atoms with Gasteiger partial charge in [0, 0.05) is 11.2 Å². The molecule has 4 rings (SSSR count). The zero-order chi connectivity index (χ0) is 23.5. The van der Waals surface area contributed by atoms with Crippen molar-refractivity contribution in [3.63, 3.8) is 0 Å². The second-order valence-corrected chi connectivity index (χ2v) is 8.74. The molecular formula is C23H17ClFN5O2S. The van der Waals surface area contributed by atoms with Gasteiger partial charge in [-0.25, -0.2) is 9.37 Å². The highest BCUT2D eigenvalue weighted by Crippen LogP contribution is 2.30. The van der Waals surface area contributed by atoms with E-state index in [0.29, 0.717) is 38.1 Å². The number of ether oxygens (including phenoxy) is 1. The molecule has 0 aliphatic carbocycles. The van der Waals surface area contributed by atoms with Crippen LogP contribution in [0.5, 0.6) is 5.75 Å². The molecule has 166 valence electrons. The molecule has 1 aromatic carbocycles. The number of nitrogens with one attached hydrogen (secondary N) is 1. The standard InChI is InChI=1S/C23H17ClFN5O2S/c1-12(2)32-21-14(9-26)11-27-18-6-5-16(29-20(18)21)8-19-22(31)30-23(33-19)28-10-13-3-4-15(25)7-17(13)24/h3-8,11-12H,10H2,1-2H3,(H,28,30,31). The highest BCUT2D eigenvalue weighted by molar-refractivity contribution is 8.18. The van der Waals surface area contributed by atoms with Crippen LogP contribution >= 0.6 is 23.4 Å². The highest BCUT2D eigenvalue weighted by atomic mass is 35.5. The fraction of sp³-hybridized carbons (Fsp3) is 0.174. The topological polar surface area (TPSA) is 100 Å². The van der Waals surface area contributed by atoms with Crippen LogP contribution in [0.4, 0.5) is 4.39 Å². The number of aliphatic imine (C=N–C) groups is 1. The van der Waals surface area contributed by atoms with Crippen molar-refractivity contribution in [2.45, 2.75) is 26.5 Å². The summed E-state index contributed by atoms with van der Waals surface area (Å²) in [6.07, 6.45) is 2.93. The van der Waals surface area contributed by atoms with Crippen LogP contribution in [0.2, 0.25) is 5.02 Å². The zero-order valence-electron chi connectivity index (χ0n) is 17.6. The van der Waals surface area contributed by atoms with Gasteiger partial charge < -0.3 is 10.1 Å². The summed E-state index contributed by atoms with van der Waals surface area (Å²) in [6, 6.07) is 9.65. The number of amides is 1. The summed E-state index contributed by atoms with van der Waals surface area (Å²) in [5.74, 6) is -0.375. The Morgan fingerprint density at radius 2 is 2.18 bits per heavy atom. The maximum absolute atomic E-state index is 13.2. The molecule has 1 N–H and O–H groups in total. The molecule has 33 heavy (non-hydrogen) atoms. The summed E-state index contributed by atoms with van der Waals surface area (Å²) in [6.45, 7) is 3.92. The molecule has 0 atom stereocenters. The van der Waals surface area contributed by atoms with E-state index in [0.717, 1.165) is 11.8 Å². The second kappa shape index (κ2) is 9.57. The summed E-state index contributed by atoms with van der Waals surface area (Å²) in [7, 11) is 0. The lowest BCUT2D eigenvalue weighted by Crippen LogP contribution is -2.19.